The molecule has 0 unspecified atom stereocenters. The van der Waals surface area contributed by atoms with E-state index < -0.39 is 17.0 Å². The smallest absolute Gasteiger partial charge is 0.337 e. The lowest BCUT2D eigenvalue weighted by Crippen LogP contribution is -2.14. The molecule has 3 aromatic heterocycles. The second-order valence-electron chi connectivity index (χ2n) is 7.14. The number of alkyl halides is 3. The molecule has 5 rings (SSSR count). The largest absolute Gasteiger partial charge is 0.426 e. The molecule has 0 saturated heterocycles. The van der Waals surface area contributed by atoms with Gasteiger partial charge in [-0.25, -0.2) is 4.79 Å². The van der Waals surface area contributed by atoms with Crippen molar-refractivity contribution in [2.24, 2.45) is 0 Å². The molecule has 5 aromatic rings. The Morgan fingerprint density at radius 2 is 1.85 bits per heavy atom. The fourth-order valence-electron chi connectivity index (χ4n) is 3.45. The van der Waals surface area contributed by atoms with Crippen LogP contribution in [0.3, 0.4) is 0 Å². The molecule has 33 heavy (non-hydrogen) atoms. The number of carbonyl (C=O) groups excluding carboxylic acids is 1. The minimum atomic E-state index is -4.52. The molecule has 0 N–H and O–H groups in total. The minimum Gasteiger partial charge on any atom is -0.337 e. The second kappa shape index (κ2) is 7.89. The van der Waals surface area contributed by atoms with E-state index in [-0.39, 0.29) is 22.2 Å². The molecule has 2 aromatic carbocycles. The molecule has 166 valence electrons. The molecule has 0 saturated carbocycles. The van der Waals surface area contributed by atoms with Crippen molar-refractivity contribution < 1.29 is 27.3 Å². The zero-order chi connectivity index (χ0) is 23.2. The number of thiophene rings is 1. The highest BCUT2D eigenvalue weighted by molar-refractivity contribution is 7.16. The van der Waals surface area contributed by atoms with Gasteiger partial charge in [-0.1, -0.05) is 35.5 Å². The summed E-state index contributed by atoms with van der Waals surface area (Å²) in [6.07, 6.45) is -2.91. The summed E-state index contributed by atoms with van der Waals surface area (Å²) in [4.78, 5) is 20.1. The second-order valence-corrected chi connectivity index (χ2v) is 8.19. The van der Waals surface area contributed by atoms with E-state index in [1.807, 2.05) is 0 Å². The fraction of sp³-hybridized carbons (Fsp3) is 0.0870. The van der Waals surface area contributed by atoms with Gasteiger partial charge in [0, 0.05) is 29.6 Å². The van der Waals surface area contributed by atoms with Crippen LogP contribution in [-0.2, 0) is 11.0 Å². The summed E-state index contributed by atoms with van der Waals surface area (Å²) in [5.41, 5.74) is 1.79. The van der Waals surface area contributed by atoms with Gasteiger partial charge in [-0.2, -0.15) is 22.9 Å². The summed E-state index contributed by atoms with van der Waals surface area (Å²) in [6, 6.07) is 16.7. The summed E-state index contributed by atoms with van der Waals surface area (Å²) < 4.78 is 47.7. The molecule has 3 heterocycles. The van der Waals surface area contributed by atoms with Gasteiger partial charge in [0.2, 0.25) is 5.82 Å². The molecule has 0 bridgehead atoms. The molecule has 0 aliphatic heterocycles. The maximum absolute atomic E-state index is 13.7. The van der Waals surface area contributed by atoms with Gasteiger partial charge in [0.15, 0.2) is 0 Å². The van der Waals surface area contributed by atoms with Crippen molar-refractivity contribution in [2.45, 2.75) is 13.1 Å². The van der Waals surface area contributed by atoms with Crippen LogP contribution in [0, 0.1) is 0 Å². The summed E-state index contributed by atoms with van der Waals surface area (Å²) in [6.45, 7) is 1.30. The Morgan fingerprint density at radius 1 is 1.06 bits per heavy atom. The molecule has 6 nitrogen and oxygen atoms in total. The van der Waals surface area contributed by atoms with Crippen LogP contribution in [-0.4, -0.2) is 20.8 Å². The third-order valence-electron chi connectivity index (χ3n) is 4.85. The molecule has 0 aliphatic carbocycles. The van der Waals surface area contributed by atoms with Gasteiger partial charge in [0.1, 0.15) is 4.88 Å². The van der Waals surface area contributed by atoms with Gasteiger partial charge < -0.3 is 9.36 Å². The Balaban J connectivity index is 1.51. The molecule has 10 heteroatoms. The standard InChI is InChI=1S/C23H14F3N3O3S/c1-13(30)32-29-10-9-15-11-16(7-8-18(15)29)21-27-22(31-28-21)19-12-17(14-5-3-2-4-6-14)20(33-19)23(24,25)26/h2-12H,1H3. The average Bonchev–Trinajstić information content (AvgIpc) is 3.51. The van der Waals surface area contributed by atoms with Crippen LogP contribution in [0.2, 0.25) is 0 Å². The predicted octanol–water partition coefficient (Wildman–Crippen LogP) is 6.08. The molecule has 0 spiro atoms. The predicted molar refractivity (Wildman–Crippen MR) is 116 cm³/mol. The summed E-state index contributed by atoms with van der Waals surface area (Å²) in [7, 11) is 0. The SMILES string of the molecule is CC(=O)On1ccc2cc(-c3noc(-c4cc(-c5ccccc5)c(C(F)(F)F)s4)n3)ccc21. The van der Waals surface area contributed by atoms with Crippen molar-refractivity contribution in [1.29, 1.82) is 0 Å². The Labute approximate surface area is 188 Å². The first kappa shape index (κ1) is 21.0. The quantitative estimate of drug-likeness (QED) is 0.319. The number of aromatic nitrogens is 3. The van der Waals surface area contributed by atoms with Gasteiger partial charge in [-0.3, -0.25) is 0 Å². The lowest BCUT2D eigenvalue weighted by molar-refractivity contribution is -0.141. The fourth-order valence-corrected chi connectivity index (χ4v) is 4.42. The average molecular weight is 469 g/mol. The monoisotopic (exact) mass is 469 g/mol. The van der Waals surface area contributed by atoms with E-state index in [1.165, 1.54) is 17.7 Å². The van der Waals surface area contributed by atoms with E-state index in [1.54, 1.807) is 60.8 Å². The van der Waals surface area contributed by atoms with Gasteiger partial charge in [-0.15, -0.1) is 11.3 Å². The highest BCUT2D eigenvalue weighted by atomic mass is 32.1. The lowest BCUT2D eigenvalue weighted by atomic mass is 10.1. The molecule has 0 aliphatic rings. The van der Waals surface area contributed by atoms with Gasteiger partial charge in [0.25, 0.3) is 5.89 Å². The van der Waals surface area contributed by atoms with Crippen LogP contribution in [0.1, 0.15) is 11.8 Å². The Bertz CT molecular complexity index is 1470. The van der Waals surface area contributed by atoms with E-state index in [0.29, 0.717) is 28.0 Å². The number of carbonyl (C=O) groups is 1. The molecule has 0 fully saturated rings. The van der Waals surface area contributed by atoms with Crippen LogP contribution in [0.25, 0.3) is 44.2 Å². The number of benzene rings is 2. The zero-order valence-corrected chi connectivity index (χ0v) is 17.8. The minimum absolute atomic E-state index is 0.000242. The molecule has 0 radical (unpaired) electrons. The first-order valence-electron chi connectivity index (χ1n) is 9.70. The highest BCUT2D eigenvalue weighted by Crippen LogP contribution is 2.45. The van der Waals surface area contributed by atoms with Crippen LogP contribution in [0.4, 0.5) is 13.2 Å². The topological polar surface area (TPSA) is 70.2 Å². The van der Waals surface area contributed by atoms with E-state index in [9.17, 15) is 18.0 Å². The Kier molecular flexibility index (Phi) is 5.01. The van der Waals surface area contributed by atoms with Crippen LogP contribution >= 0.6 is 11.3 Å². The first-order valence-corrected chi connectivity index (χ1v) is 10.5. The van der Waals surface area contributed by atoms with E-state index in [0.717, 1.165) is 5.39 Å². The number of hydrogen-bond donors (Lipinski definition) is 0. The lowest BCUT2D eigenvalue weighted by Gasteiger charge is -2.07. The molecule has 0 amide bonds. The van der Waals surface area contributed by atoms with Gasteiger partial charge in [0.05, 0.1) is 10.4 Å². The number of rotatable bonds is 4. The van der Waals surface area contributed by atoms with Crippen molar-refractivity contribution in [1.82, 2.24) is 14.9 Å². The van der Waals surface area contributed by atoms with E-state index >= 15 is 0 Å². The van der Waals surface area contributed by atoms with Crippen molar-refractivity contribution in [3.05, 3.63) is 71.7 Å². The number of hydrogen-bond acceptors (Lipinski definition) is 6. The summed E-state index contributed by atoms with van der Waals surface area (Å²) in [5, 5.41) is 4.71. The highest BCUT2D eigenvalue weighted by Gasteiger charge is 2.37. The third kappa shape index (κ3) is 4.00. The Morgan fingerprint density at radius 3 is 2.58 bits per heavy atom. The van der Waals surface area contributed by atoms with Gasteiger partial charge >= 0.3 is 12.1 Å². The first-order chi connectivity index (χ1) is 15.8. The number of nitrogens with zero attached hydrogens (tertiary/aromatic N) is 3. The maximum Gasteiger partial charge on any atom is 0.426 e. The van der Waals surface area contributed by atoms with Crippen molar-refractivity contribution in [2.75, 3.05) is 0 Å². The van der Waals surface area contributed by atoms with Crippen molar-refractivity contribution >= 4 is 28.2 Å². The van der Waals surface area contributed by atoms with Crippen molar-refractivity contribution in [3.63, 3.8) is 0 Å². The summed E-state index contributed by atoms with van der Waals surface area (Å²) in [5.74, 6) is -0.223. The van der Waals surface area contributed by atoms with Crippen LogP contribution < -0.4 is 4.84 Å². The van der Waals surface area contributed by atoms with Gasteiger partial charge in [-0.05, 0) is 35.9 Å². The Hall–Kier alpha value is -3.92. The van der Waals surface area contributed by atoms with Crippen LogP contribution in [0.15, 0.2) is 71.4 Å². The summed E-state index contributed by atoms with van der Waals surface area (Å²) >= 11 is 0.561. The van der Waals surface area contributed by atoms with Crippen molar-refractivity contribution in [3.8, 4) is 33.3 Å². The zero-order valence-electron chi connectivity index (χ0n) is 17.0. The molecular formula is C23H14F3N3O3S. The number of halogens is 3. The number of fused-ring (bicyclic) bond motifs is 1. The molecule has 0 atom stereocenters. The maximum atomic E-state index is 13.7. The molecular weight excluding hydrogens is 455 g/mol. The normalized spacial score (nSPS) is 11.8. The van der Waals surface area contributed by atoms with E-state index in [2.05, 4.69) is 10.1 Å². The third-order valence-corrected chi connectivity index (χ3v) is 6.02. The van der Waals surface area contributed by atoms with E-state index in [4.69, 9.17) is 9.36 Å². The van der Waals surface area contributed by atoms with Crippen LogP contribution in [0.5, 0.6) is 0 Å².